The summed E-state index contributed by atoms with van der Waals surface area (Å²) in [4.78, 5) is 14.1. The molecule has 0 bridgehead atoms. The van der Waals surface area contributed by atoms with E-state index in [2.05, 4.69) is 22.9 Å². The second-order valence-corrected chi connectivity index (χ2v) is 5.67. The highest BCUT2D eigenvalue weighted by Crippen LogP contribution is 2.25. The van der Waals surface area contributed by atoms with E-state index in [0.29, 0.717) is 16.0 Å². The number of hydrogen-bond acceptors (Lipinski definition) is 1. The summed E-state index contributed by atoms with van der Waals surface area (Å²) in [6.45, 7) is 3.75. The number of rotatable bonds is 3. The van der Waals surface area contributed by atoms with Crippen molar-refractivity contribution in [3.63, 3.8) is 0 Å². The molecule has 98 valence electrons. The molecule has 0 aliphatic carbocycles. The van der Waals surface area contributed by atoms with E-state index in [4.69, 9.17) is 0 Å². The predicted molar refractivity (Wildman–Crippen MR) is 73.0 cm³/mol. The molecule has 0 saturated carbocycles. The number of carbonyl (C=O) groups excluding carboxylic acids is 1. The fourth-order valence-electron chi connectivity index (χ4n) is 2.49. The second kappa shape index (κ2) is 5.83. The topological polar surface area (TPSA) is 20.3 Å². The van der Waals surface area contributed by atoms with E-state index < -0.39 is 0 Å². The standard InChI is InChI=1S/C14H17BrFNO/c1-2-3-10-6-7-17(9-10)14(18)12-8-11(16)4-5-13(12)15/h4-5,8,10H,2-3,6-7,9H2,1H3. The SMILES string of the molecule is CCCC1CCN(C(=O)c2cc(F)ccc2Br)C1. The van der Waals surface area contributed by atoms with Crippen molar-refractivity contribution < 1.29 is 9.18 Å². The largest absolute Gasteiger partial charge is 0.338 e. The van der Waals surface area contributed by atoms with E-state index in [1.165, 1.54) is 12.1 Å². The van der Waals surface area contributed by atoms with Gasteiger partial charge in [0.15, 0.2) is 0 Å². The fourth-order valence-corrected chi connectivity index (χ4v) is 2.91. The highest BCUT2D eigenvalue weighted by Gasteiger charge is 2.27. The summed E-state index contributed by atoms with van der Waals surface area (Å²) < 4.78 is 13.9. The van der Waals surface area contributed by atoms with Crippen LogP contribution in [0.1, 0.15) is 36.5 Å². The lowest BCUT2D eigenvalue weighted by molar-refractivity contribution is 0.0785. The minimum absolute atomic E-state index is 0.0695. The number of halogens is 2. The van der Waals surface area contributed by atoms with Gasteiger partial charge in [-0.2, -0.15) is 0 Å². The molecule has 18 heavy (non-hydrogen) atoms. The lowest BCUT2D eigenvalue weighted by Gasteiger charge is -2.17. The van der Waals surface area contributed by atoms with Crippen LogP contribution in [0.2, 0.25) is 0 Å². The van der Waals surface area contributed by atoms with Crippen LogP contribution in [0.25, 0.3) is 0 Å². The van der Waals surface area contributed by atoms with Crippen LogP contribution >= 0.6 is 15.9 Å². The highest BCUT2D eigenvalue weighted by molar-refractivity contribution is 9.10. The summed E-state index contributed by atoms with van der Waals surface area (Å²) >= 11 is 3.31. The van der Waals surface area contributed by atoms with Gasteiger partial charge < -0.3 is 4.90 Å². The van der Waals surface area contributed by atoms with E-state index in [0.717, 1.165) is 32.4 Å². The van der Waals surface area contributed by atoms with Crippen LogP contribution in [-0.4, -0.2) is 23.9 Å². The third kappa shape index (κ3) is 2.91. The van der Waals surface area contributed by atoms with Crippen molar-refractivity contribution in [3.05, 3.63) is 34.1 Å². The lowest BCUT2D eigenvalue weighted by Crippen LogP contribution is -2.29. The Morgan fingerprint density at radius 2 is 2.33 bits per heavy atom. The summed E-state index contributed by atoms with van der Waals surface area (Å²) in [5.41, 5.74) is 0.423. The first-order valence-corrected chi connectivity index (χ1v) is 7.15. The van der Waals surface area contributed by atoms with Gasteiger partial charge in [-0.25, -0.2) is 4.39 Å². The molecule has 4 heteroatoms. The number of likely N-dealkylation sites (tertiary alicyclic amines) is 1. The summed E-state index contributed by atoms with van der Waals surface area (Å²) in [6, 6.07) is 4.24. The maximum absolute atomic E-state index is 13.2. The molecule has 0 radical (unpaired) electrons. The maximum atomic E-state index is 13.2. The number of nitrogens with zero attached hydrogens (tertiary/aromatic N) is 1. The Hall–Kier alpha value is -0.900. The third-order valence-electron chi connectivity index (χ3n) is 3.43. The molecule has 0 N–H and O–H groups in total. The molecule has 2 nitrogen and oxygen atoms in total. The van der Waals surface area contributed by atoms with E-state index in [1.807, 2.05) is 4.90 Å². The Balaban J connectivity index is 2.10. The smallest absolute Gasteiger partial charge is 0.255 e. The van der Waals surface area contributed by atoms with Crippen LogP contribution < -0.4 is 0 Å². The molecule has 1 aromatic carbocycles. The van der Waals surface area contributed by atoms with Crippen LogP contribution in [0.3, 0.4) is 0 Å². The van der Waals surface area contributed by atoms with Crippen molar-refractivity contribution in [1.82, 2.24) is 4.90 Å². The molecule has 0 aromatic heterocycles. The van der Waals surface area contributed by atoms with E-state index in [1.54, 1.807) is 6.07 Å². The van der Waals surface area contributed by atoms with Crippen LogP contribution in [0.15, 0.2) is 22.7 Å². The van der Waals surface area contributed by atoms with Crippen molar-refractivity contribution >= 4 is 21.8 Å². The second-order valence-electron chi connectivity index (χ2n) is 4.82. The normalized spacial score (nSPS) is 19.3. The van der Waals surface area contributed by atoms with Gasteiger partial charge in [-0.05, 0) is 52.9 Å². The van der Waals surface area contributed by atoms with E-state index in [9.17, 15) is 9.18 Å². The zero-order chi connectivity index (χ0) is 13.1. The zero-order valence-electron chi connectivity index (χ0n) is 10.5. The van der Waals surface area contributed by atoms with Gasteiger partial charge in [0.05, 0.1) is 5.56 Å². The van der Waals surface area contributed by atoms with Gasteiger partial charge in [-0.15, -0.1) is 0 Å². The quantitative estimate of drug-likeness (QED) is 0.830. The van der Waals surface area contributed by atoms with Crippen LogP contribution in [-0.2, 0) is 0 Å². The van der Waals surface area contributed by atoms with Gasteiger partial charge in [-0.3, -0.25) is 4.79 Å². The summed E-state index contributed by atoms with van der Waals surface area (Å²) in [7, 11) is 0. The van der Waals surface area contributed by atoms with Gasteiger partial charge >= 0.3 is 0 Å². The highest BCUT2D eigenvalue weighted by atomic mass is 79.9. The number of amides is 1. The third-order valence-corrected chi connectivity index (χ3v) is 4.12. The molecule has 1 unspecified atom stereocenters. The van der Waals surface area contributed by atoms with Crippen molar-refractivity contribution in [2.24, 2.45) is 5.92 Å². The molecular weight excluding hydrogens is 297 g/mol. The van der Waals surface area contributed by atoms with Crippen molar-refractivity contribution in [2.75, 3.05) is 13.1 Å². The summed E-state index contributed by atoms with van der Waals surface area (Å²) in [5, 5.41) is 0. The number of hydrogen-bond donors (Lipinski definition) is 0. The first-order valence-electron chi connectivity index (χ1n) is 6.36. The first-order chi connectivity index (χ1) is 8.61. The lowest BCUT2D eigenvalue weighted by atomic mass is 10.0. The Morgan fingerprint density at radius 1 is 1.56 bits per heavy atom. The Morgan fingerprint density at radius 3 is 3.06 bits per heavy atom. The minimum Gasteiger partial charge on any atom is -0.338 e. The van der Waals surface area contributed by atoms with E-state index >= 15 is 0 Å². The molecule has 1 heterocycles. The van der Waals surface area contributed by atoms with E-state index in [-0.39, 0.29) is 11.7 Å². The van der Waals surface area contributed by atoms with Gasteiger partial charge in [0, 0.05) is 17.6 Å². The molecule has 1 aliphatic heterocycles. The predicted octanol–water partition coefficient (Wildman–Crippen LogP) is 3.85. The minimum atomic E-state index is -0.370. The fraction of sp³-hybridized carbons (Fsp3) is 0.500. The van der Waals surface area contributed by atoms with Crippen LogP contribution in [0.4, 0.5) is 4.39 Å². The molecule has 0 spiro atoms. The van der Waals surface area contributed by atoms with Gasteiger partial charge in [0.1, 0.15) is 5.82 Å². The summed E-state index contributed by atoms with van der Waals surface area (Å²) in [6.07, 6.45) is 3.37. The van der Waals surface area contributed by atoms with Crippen molar-refractivity contribution in [2.45, 2.75) is 26.2 Å². The summed E-state index contributed by atoms with van der Waals surface area (Å²) in [5.74, 6) is 0.164. The Labute approximate surface area is 115 Å². The molecule has 2 rings (SSSR count). The first kappa shape index (κ1) is 13.5. The molecule has 1 amide bonds. The molecule has 1 fully saturated rings. The molecule has 1 aromatic rings. The average molecular weight is 314 g/mol. The molecule has 1 atom stereocenters. The molecule has 1 aliphatic rings. The number of benzene rings is 1. The monoisotopic (exact) mass is 313 g/mol. The Kier molecular flexibility index (Phi) is 4.38. The van der Waals surface area contributed by atoms with Crippen molar-refractivity contribution in [1.29, 1.82) is 0 Å². The van der Waals surface area contributed by atoms with Crippen molar-refractivity contribution in [3.8, 4) is 0 Å². The average Bonchev–Trinajstić information content (AvgIpc) is 2.80. The Bertz CT molecular complexity index is 449. The molecule has 1 saturated heterocycles. The maximum Gasteiger partial charge on any atom is 0.255 e. The van der Waals surface area contributed by atoms with Crippen LogP contribution in [0, 0.1) is 11.7 Å². The van der Waals surface area contributed by atoms with Gasteiger partial charge in [-0.1, -0.05) is 13.3 Å². The molecular formula is C14H17BrFNO. The van der Waals surface area contributed by atoms with Crippen LogP contribution in [0.5, 0.6) is 0 Å². The zero-order valence-corrected chi connectivity index (χ0v) is 12.0. The van der Waals surface area contributed by atoms with Gasteiger partial charge in [0.2, 0.25) is 0 Å². The number of carbonyl (C=O) groups is 1. The van der Waals surface area contributed by atoms with Gasteiger partial charge in [0.25, 0.3) is 5.91 Å².